The summed E-state index contributed by atoms with van der Waals surface area (Å²) in [7, 11) is 0. The predicted molar refractivity (Wildman–Crippen MR) is 98.4 cm³/mol. The molecular weight excluding hydrogens is 312 g/mol. The molecule has 0 N–H and O–H groups in total. The number of benzene rings is 1. The van der Waals surface area contributed by atoms with Crippen LogP contribution in [0.1, 0.15) is 19.3 Å². The fourth-order valence-corrected chi connectivity index (χ4v) is 3.76. The summed E-state index contributed by atoms with van der Waals surface area (Å²) in [5, 5.41) is 4.68. The van der Waals surface area contributed by atoms with E-state index in [-0.39, 0.29) is 12.4 Å². The first-order valence-corrected chi connectivity index (χ1v) is 8.48. The molecule has 3 aromatic rings. The Kier molecular flexibility index (Phi) is 4.65. The third-order valence-corrected chi connectivity index (χ3v) is 5.04. The molecule has 1 aliphatic rings. The van der Waals surface area contributed by atoms with E-state index in [4.69, 9.17) is 4.98 Å². The van der Waals surface area contributed by atoms with E-state index in [1.165, 1.54) is 34.9 Å². The number of nitrogens with zero attached hydrogens (tertiary/aromatic N) is 2. The molecule has 1 aliphatic heterocycles. The molecule has 4 rings (SSSR count). The highest BCUT2D eigenvalue weighted by molar-refractivity contribution is 7.13. The van der Waals surface area contributed by atoms with Crippen LogP contribution in [-0.4, -0.2) is 18.1 Å². The number of rotatable bonds is 2. The molecule has 22 heavy (non-hydrogen) atoms. The molecule has 0 aliphatic carbocycles. The van der Waals surface area contributed by atoms with Crippen LogP contribution < -0.4 is 4.90 Å². The van der Waals surface area contributed by atoms with Gasteiger partial charge in [0.15, 0.2) is 0 Å². The Morgan fingerprint density at radius 2 is 1.77 bits per heavy atom. The van der Waals surface area contributed by atoms with Crippen LogP contribution in [-0.2, 0) is 0 Å². The minimum atomic E-state index is 0. The predicted octanol–water partition coefficient (Wildman–Crippen LogP) is 5.38. The van der Waals surface area contributed by atoms with Crippen LogP contribution in [0.2, 0.25) is 0 Å². The summed E-state index contributed by atoms with van der Waals surface area (Å²) in [4.78, 5) is 8.71. The number of fused-ring (bicyclic) bond motifs is 1. The highest BCUT2D eigenvalue weighted by Gasteiger charge is 2.16. The van der Waals surface area contributed by atoms with Crippen LogP contribution in [0.25, 0.3) is 21.3 Å². The summed E-state index contributed by atoms with van der Waals surface area (Å²) in [6, 6.07) is 15.1. The van der Waals surface area contributed by atoms with Crippen molar-refractivity contribution in [2.75, 3.05) is 18.0 Å². The fraction of sp³-hybridized carbons (Fsp3) is 0.278. The summed E-state index contributed by atoms with van der Waals surface area (Å²) in [5.41, 5.74) is 1.10. The van der Waals surface area contributed by atoms with Crippen molar-refractivity contribution in [1.29, 1.82) is 0 Å². The van der Waals surface area contributed by atoms with E-state index in [0.29, 0.717) is 0 Å². The van der Waals surface area contributed by atoms with E-state index in [1.807, 2.05) is 0 Å². The topological polar surface area (TPSA) is 16.1 Å². The first-order valence-electron chi connectivity index (χ1n) is 7.60. The second-order valence-corrected chi connectivity index (χ2v) is 6.52. The highest BCUT2D eigenvalue weighted by Crippen LogP contribution is 2.32. The van der Waals surface area contributed by atoms with Crippen LogP contribution in [0.15, 0.2) is 47.8 Å². The molecule has 2 nitrogen and oxygen atoms in total. The normalized spacial score (nSPS) is 14.8. The Morgan fingerprint density at radius 1 is 0.955 bits per heavy atom. The van der Waals surface area contributed by atoms with Crippen LogP contribution in [0.3, 0.4) is 0 Å². The van der Waals surface area contributed by atoms with E-state index in [9.17, 15) is 0 Å². The molecule has 0 spiro atoms. The van der Waals surface area contributed by atoms with Gasteiger partial charge in [0.25, 0.3) is 0 Å². The van der Waals surface area contributed by atoms with Gasteiger partial charge in [-0.3, -0.25) is 0 Å². The zero-order chi connectivity index (χ0) is 14.1. The molecule has 0 bridgehead atoms. The van der Waals surface area contributed by atoms with Crippen molar-refractivity contribution in [3.63, 3.8) is 0 Å². The third-order valence-electron chi connectivity index (χ3n) is 4.15. The summed E-state index contributed by atoms with van der Waals surface area (Å²) in [6.07, 6.45) is 3.90. The molecule has 4 heteroatoms. The Bertz CT molecular complexity index is 749. The van der Waals surface area contributed by atoms with Crippen molar-refractivity contribution in [1.82, 2.24) is 4.98 Å². The van der Waals surface area contributed by atoms with Crippen molar-refractivity contribution in [2.45, 2.75) is 19.3 Å². The van der Waals surface area contributed by atoms with Gasteiger partial charge in [-0.15, -0.1) is 23.7 Å². The van der Waals surface area contributed by atoms with Crippen LogP contribution in [0, 0.1) is 0 Å². The van der Waals surface area contributed by atoms with Gasteiger partial charge in [0.05, 0.1) is 10.6 Å². The lowest BCUT2D eigenvalue weighted by Crippen LogP contribution is -2.30. The van der Waals surface area contributed by atoms with Crippen molar-refractivity contribution in [3.05, 3.63) is 47.8 Å². The summed E-state index contributed by atoms with van der Waals surface area (Å²) in [6.45, 7) is 2.26. The van der Waals surface area contributed by atoms with Gasteiger partial charge in [0.2, 0.25) is 0 Å². The standard InChI is InChI=1S/C18H18N2S.ClH/c1-4-10-20(11-5-1)18-15-8-3-2-7-14(15)13-16(19-18)17-9-6-12-21-17;/h2-3,6-9,12-13H,1,4-5,10-11H2;1H. The lowest BCUT2D eigenvalue weighted by atomic mass is 10.1. The third kappa shape index (κ3) is 2.83. The van der Waals surface area contributed by atoms with E-state index in [0.717, 1.165) is 24.6 Å². The first kappa shape index (κ1) is 15.3. The van der Waals surface area contributed by atoms with Crippen LogP contribution >= 0.6 is 23.7 Å². The zero-order valence-electron chi connectivity index (χ0n) is 12.4. The van der Waals surface area contributed by atoms with E-state index in [2.05, 4.69) is 52.7 Å². The second kappa shape index (κ2) is 6.67. The van der Waals surface area contributed by atoms with Gasteiger partial charge in [-0.2, -0.15) is 0 Å². The van der Waals surface area contributed by atoms with Gasteiger partial charge in [-0.1, -0.05) is 30.3 Å². The van der Waals surface area contributed by atoms with Gasteiger partial charge in [-0.25, -0.2) is 4.98 Å². The fourth-order valence-electron chi connectivity index (χ4n) is 3.08. The minimum Gasteiger partial charge on any atom is -0.356 e. The molecule has 0 unspecified atom stereocenters. The largest absolute Gasteiger partial charge is 0.356 e. The Labute approximate surface area is 141 Å². The Morgan fingerprint density at radius 3 is 2.55 bits per heavy atom. The van der Waals surface area contributed by atoms with E-state index < -0.39 is 0 Å². The van der Waals surface area contributed by atoms with Crippen molar-refractivity contribution >= 4 is 40.3 Å². The van der Waals surface area contributed by atoms with Gasteiger partial charge in [0.1, 0.15) is 5.82 Å². The summed E-state index contributed by atoms with van der Waals surface area (Å²) in [5.74, 6) is 1.16. The molecule has 114 valence electrons. The number of anilines is 1. The van der Waals surface area contributed by atoms with E-state index in [1.54, 1.807) is 11.3 Å². The lowest BCUT2D eigenvalue weighted by Gasteiger charge is -2.29. The van der Waals surface area contributed by atoms with Crippen LogP contribution in [0.4, 0.5) is 5.82 Å². The maximum Gasteiger partial charge on any atom is 0.137 e. The molecule has 0 radical (unpaired) electrons. The number of thiophene rings is 1. The van der Waals surface area contributed by atoms with Crippen molar-refractivity contribution in [3.8, 4) is 10.6 Å². The lowest BCUT2D eigenvalue weighted by molar-refractivity contribution is 0.575. The van der Waals surface area contributed by atoms with Crippen LogP contribution in [0.5, 0.6) is 0 Å². The smallest absolute Gasteiger partial charge is 0.137 e. The molecule has 1 aromatic carbocycles. The Balaban J connectivity index is 0.00000144. The number of hydrogen-bond donors (Lipinski definition) is 0. The first-order chi connectivity index (χ1) is 10.4. The maximum atomic E-state index is 5.00. The van der Waals surface area contributed by atoms with Crippen molar-refractivity contribution in [2.24, 2.45) is 0 Å². The molecule has 0 saturated carbocycles. The van der Waals surface area contributed by atoms with Gasteiger partial charge in [-0.05, 0) is 42.2 Å². The second-order valence-electron chi connectivity index (χ2n) is 5.58. The molecule has 3 heterocycles. The maximum absolute atomic E-state index is 5.00. The monoisotopic (exact) mass is 330 g/mol. The quantitative estimate of drug-likeness (QED) is 0.627. The molecule has 0 amide bonds. The molecule has 2 aromatic heterocycles. The summed E-state index contributed by atoms with van der Waals surface area (Å²) >= 11 is 1.76. The van der Waals surface area contributed by atoms with E-state index >= 15 is 0 Å². The average Bonchev–Trinajstić information content (AvgIpc) is 3.09. The molecule has 1 fully saturated rings. The van der Waals surface area contributed by atoms with Crippen molar-refractivity contribution < 1.29 is 0 Å². The van der Waals surface area contributed by atoms with Gasteiger partial charge < -0.3 is 4.90 Å². The highest BCUT2D eigenvalue weighted by atomic mass is 35.5. The number of piperidine rings is 1. The number of aromatic nitrogens is 1. The van der Waals surface area contributed by atoms with Gasteiger partial charge >= 0.3 is 0 Å². The minimum absolute atomic E-state index is 0. The molecule has 0 atom stereocenters. The van der Waals surface area contributed by atoms with Gasteiger partial charge in [0, 0.05) is 18.5 Å². The number of halogens is 1. The molecule has 1 saturated heterocycles. The SMILES string of the molecule is Cl.c1csc(-c2cc3ccccc3c(N3CCCCC3)n2)c1. The average molecular weight is 331 g/mol. The number of pyridine rings is 1. The number of hydrogen-bond acceptors (Lipinski definition) is 3. The molecular formula is C18H19ClN2S. The summed E-state index contributed by atoms with van der Waals surface area (Å²) < 4.78 is 0. The Hall–Kier alpha value is -1.58. The zero-order valence-corrected chi connectivity index (χ0v) is 14.0.